The summed E-state index contributed by atoms with van der Waals surface area (Å²) in [7, 11) is 1.67. The van der Waals surface area contributed by atoms with Gasteiger partial charge in [0.15, 0.2) is 0 Å². The zero-order chi connectivity index (χ0) is 15.6. The number of nitrogens with zero attached hydrogens (tertiary/aromatic N) is 2. The molecule has 1 aromatic carbocycles. The number of carbonyl (C=O) groups is 1. The van der Waals surface area contributed by atoms with Gasteiger partial charge in [0, 0.05) is 34.3 Å². The summed E-state index contributed by atoms with van der Waals surface area (Å²) < 4.78 is 0.688. The largest absolute Gasteiger partial charge is 0.337 e. The van der Waals surface area contributed by atoms with Gasteiger partial charge in [0.1, 0.15) is 5.15 Å². The van der Waals surface area contributed by atoms with Gasteiger partial charge in [-0.1, -0.05) is 40.9 Å². The molecular weight excluding hydrogens is 398 g/mol. The molecule has 0 bridgehead atoms. The van der Waals surface area contributed by atoms with Crippen LogP contribution in [0, 0.1) is 0 Å². The first-order valence-corrected chi connectivity index (χ1v) is 7.81. The van der Waals surface area contributed by atoms with Crippen molar-refractivity contribution in [3.8, 4) is 0 Å². The van der Waals surface area contributed by atoms with Crippen LogP contribution in [0.25, 0.3) is 0 Å². The molecule has 0 atom stereocenters. The first kappa shape index (κ1) is 16.6. The molecule has 3 nitrogen and oxygen atoms in total. The molecule has 0 spiro atoms. The van der Waals surface area contributed by atoms with Crippen LogP contribution in [0.15, 0.2) is 34.9 Å². The van der Waals surface area contributed by atoms with Crippen molar-refractivity contribution in [3.63, 3.8) is 0 Å². The van der Waals surface area contributed by atoms with Crippen LogP contribution in [0.5, 0.6) is 0 Å². The number of amides is 1. The van der Waals surface area contributed by atoms with Gasteiger partial charge in [-0.15, -0.1) is 0 Å². The molecule has 110 valence electrons. The Balaban J connectivity index is 2.21. The van der Waals surface area contributed by atoms with E-state index in [1.165, 1.54) is 11.1 Å². The zero-order valence-electron chi connectivity index (χ0n) is 10.9. The molecule has 0 unspecified atom stereocenters. The van der Waals surface area contributed by atoms with Gasteiger partial charge in [-0.05, 0) is 39.7 Å². The van der Waals surface area contributed by atoms with Crippen molar-refractivity contribution in [2.24, 2.45) is 0 Å². The highest BCUT2D eigenvalue weighted by Crippen LogP contribution is 2.24. The summed E-state index contributed by atoms with van der Waals surface area (Å²) in [6.07, 6.45) is 1.54. The molecule has 0 aliphatic carbocycles. The Labute approximate surface area is 146 Å². The maximum Gasteiger partial charge on any atom is 0.257 e. The fourth-order valence-corrected chi connectivity index (χ4v) is 2.74. The Morgan fingerprint density at radius 2 is 2.00 bits per heavy atom. The van der Waals surface area contributed by atoms with E-state index in [0.29, 0.717) is 26.6 Å². The molecule has 0 saturated heterocycles. The molecule has 1 heterocycles. The Kier molecular flexibility index (Phi) is 5.49. The van der Waals surface area contributed by atoms with Crippen molar-refractivity contribution in [3.05, 3.63) is 61.3 Å². The molecule has 7 heteroatoms. The molecule has 0 saturated carbocycles. The van der Waals surface area contributed by atoms with E-state index in [9.17, 15) is 4.79 Å². The van der Waals surface area contributed by atoms with Crippen molar-refractivity contribution < 1.29 is 4.79 Å². The van der Waals surface area contributed by atoms with Gasteiger partial charge in [-0.3, -0.25) is 4.79 Å². The molecule has 21 heavy (non-hydrogen) atoms. The molecule has 1 aromatic heterocycles. The fourth-order valence-electron chi connectivity index (χ4n) is 1.76. The third kappa shape index (κ3) is 4.10. The van der Waals surface area contributed by atoms with Crippen LogP contribution in [-0.2, 0) is 6.54 Å². The summed E-state index contributed by atoms with van der Waals surface area (Å²) in [6, 6.07) is 6.80. The number of aromatic nitrogens is 1. The lowest BCUT2D eigenvalue weighted by atomic mass is 10.2. The molecule has 0 fully saturated rings. The van der Waals surface area contributed by atoms with Gasteiger partial charge in [0.25, 0.3) is 5.91 Å². The highest BCUT2D eigenvalue weighted by Gasteiger charge is 2.17. The fraction of sp³-hybridized carbons (Fsp3) is 0.143. The van der Waals surface area contributed by atoms with Crippen LogP contribution in [-0.4, -0.2) is 22.8 Å². The van der Waals surface area contributed by atoms with Crippen molar-refractivity contribution in [2.45, 2.75) is 6.54 Å². The van der Waals surface area contributed by atoms with Crippen LogP contribution >= 0.6 is 50.7 Å². The third-order valence-corrected chi connectivity index (χ3v) is 4.13. The molecule has 0 radical (unpaired) electrons. The first-order chi connectivity index (χ1) is 9.88. The minimum atomic E-state index is -0.236. The number of carbonyl (C=O) groups excluding carboxylic acids is 1. The average molecular weight is 409 g/mol. The number of rotatable bonds is 3. The third-order valence-electron chi connectivity index (χ3n) is 2.81. The number of hydrogen-bond acceptors (Lipinski definition) is 2. The van der Waals surface area contributed by atoms with E-state index in [4.69, 9.17) is 34.8 Å². The molecular formula is C14H10BrCl3N2O. The summed E-state index contributed by atoms with van der Waals surface area (Å²) in [6.45, 7) is 0.345. The maximum absolute atomic E-state index is 12.4. The number of halogens is 4. The SMILES string of the molecule is CN(Cc1ccc(Cl)cc1Cl)C(=O)c1cc(Br)cnc1Cl. The van der Waals surface area contributed by atoms with Gasteiger partial charge in [0.2, 0.25) is 0 Å². The lowest BCUT2D eigenvalue weighted by molar-refractivity contribution is 0.0785. The van der Waals surface area contributed by atoms with E-state index in [1.807, 2.05) is 0 Å². The quantitative estimate of drug-likeness (QED) is 0.664. The standard InChI is InChI=1S/C14H10BrCl3N2O/c1-20(7-8-2-3-10(16)5-12(8)17)14(21)11-4-9(15)6-19-13(11)18/h2-6H,7H2,1H3. The first-order valence-electron chi connectivity index (χ1n) is 5.89. The van der Waals surface area contributed by atoms with Gasteiger partial charge in [0.05, 0.1) is 5.56 Å². The summed E-state index contributed by atoms with van der Waals surface area (Å²) in [4.78, 5) is 17.9. The molecule has 0 N–H and O–H groups in total. The molecule has 0 aliphatic rings. The Bertz CT molecular complexity index is 694. The highest BCUT2D eigenvalue weighted by atomic mass is 79.9. The van der Waals surface area contributed by atoms with E-state index in [2.05, 4.69) is 20.9 Å². The number of pyridine rings is 1. The van der Waals surface area contributed by atoms with Crippen LogP contribution in [0.3, 0.4) is 0 Å². The van der Waals surface area contributed by atoms with E-state index in [-0.39, 0.29) is 11.1 Å². The second-order valence-electron chi connectivity index (χ2n) is 4.39. The maximum atomic E-state index is 12.4. The van der Waals surface area contributed by atoms with Crippen LogP contribution in [0.1, 0.15) is 15.9 Å². The minimum Gasteiger partial charge on any atom is -0.337 e. The van der Waals surface area contributed by atoms with Crippen LogP contribution in [0.4, 0.5) is 0 Å². The van der Waals surface area contributed by atoms with E-state index < -0.39 is 0 Å². The number of benzene rings is 1. The summed E-state index contributed by atoms with van der Waals surface area (Å²) in [5.41, 5.74) is 1.13. The van der Waals surface area contributed by atoms with Gasteiger partial charge < -0.3 is 4.90 Å². The van der Waals surface area contributed by atoms with Crippen molar-refractivity contribution in [1.82, 2.24) is 9.88 Å². The minimum absolute atomic E-state index is 0.164. The lowest BCUT2D eigenvalue weighted by Crippen LogP contribution is -2.26. The van der Waals surface area contributed by atoms with Crippen molar-refractivity contribution in [2.75, 3.05) is 7.05 Å². The summed E-state index contributed by atoms with van der Waals surface area (Å²) >= 11 is 21.2. The normalized spacial score (nSPS) is 10.5. The molecule has 2 rings (SSSR count). The molecule has 1 amide bonds. The van der Waals surface area contributed by atoms with E-state index >= 15 is 0 Å². The topological polar surface area (TPSA) is 33.2 Å². The van der Waals surface area contributed by atoms with E-state index in [1.54, 1.807) is 31.3 Å². The highest BCUT2D eigenvalue weighted by molar-refractivity contribution is 9.10. The summed E-state index contributed by atoms with van der Waals surface area (Å²) in [5.74, 6) is -0.236. The van der Waals surface area contributed by atoms with Crippen LogP contribution in [0.2, 0.25) is 15.2 Å². The predicted octanol–water partition coefficient (Wildman–Crippen LogP) is 5.08. The van der Waals surface area contributed by atoms with Gasteiger partial charge >= 0.3 is 0 Å². The Morgan fingerprint density at radius 3 is 2.67 bits per heavy atom. The van der Waals surface area contributed by atoms with E-state index in [0.717, 1.165) is 5.56 Å². The van der Waals surface area contributed by atoms with Crippen LogP contribution < -0.4 is 0 Å². The second-order valence-corrected chi connectivity index (χ2v) is 6.51. The monoisotopic (exact) mass is 406 g/mol. The average Bonchev–Trinajstić information content (AvgIpc) is 2.43. The Hall–Kier alpha value is -0.810. The molecule has 0 aliphatic heterocycles. The predicted molar refractivity (Wildman–Crippen MR) is 89.2 cm³/mol. The van der Waals surface area contributed by atoms with Gasteiger partial charge in [-0.2, -0.15) is 0 Å². The second kappa shape index (κ2) is 6.97. The lowest BCUT2D eigenvalue weighted by Gasteiger charge is -2.18. The summed E-state index contributed by atoms with van der Waals surface area (Å²) in [5, 5.41) is 1.23. The van der Waals surface area contributed by atoms with Gasteiger partial charge in [-0.25, -0.2) is 4.98 Å². The smallest absolute Gasteiger partial charge is 0.257 e. The Morgan fingerprint density at radius 1 is 1.29 bits per heavy atom. The number of hydrogen-bond donors (Lipinski definition) is 0. The molecule has 2 aromatic rings. The van der Waals surface area contributed by atoms with Crippen molar-refractivity contribution in [1.29, 1.82) is 0 Å². The van der Waals surface area contributed by atoms with Crippen molar-refractivity contribution >= 4 is 56.6 Å². The zero-order valence-corrected chi connectivity index (χ0v) is 14.8.